The molecule has 10 heavy (non-hydrogen) atoms. The average Bonchev–Trinajstić information content (AvgIpc) is 1.88. The Morgan fingerprint density at radius 3 is 3.10 bits per heavy atom. The maximum Gasteiger partial charge on any atom is 0.149 e. The highest BCUT2D eigenvalue weighted by Gasteiger charge is 2.13. The van der Waals surface area contributed by atoms with E-state index in [0.717, 1.165) is 0 Å². The number of nitriles is 1. The first-order valence-electron chi connectivity index (χ1n) is 2.70. The Morgan fingerprint density at radius 2 is 2.60 bits per heavy atom. The Balaban J connectivity index is 2.84. The number of alkyl halides is 1. The van der Waals surface area contributed by atoms with E-state index in [-0.39, 0.29) is 12.3 Å². The fourth-order valence-electron chi connectivity index (χ4n) is 0.633. The second kappa shape index (κ2) is 2.93. The third-order valence-corrected chi connectivity index (χ3v) is 1.72. The fourth-order valence-corrected chi connectivity index (χ4v) is 1.13. The molecule has 0 aliphatic carbocycles. The second-order valence-electron chi connectivity index (χ2n) is 1.83. The largest absolute Gasteiger partial charge is 0.270 e. The van der Waals surface area contributed by atoms with Gasteiger partial charge in [0, 0.05) is 0 Å². The smallest absolute Gasteiger partial charge is 0.149 e. The number of aliphatic imine (C=N–C) groups is 1. The number of dihydropyridines is 1. The summed E-state index contributed by atoms with van der Waals surface area (Å²) >= 11 is 3.02. The van der Waals surface area contributed by atoms with Gasteiger partial charge in [0.1, 0.15) is 18.0 Å². The Bertz CT molecular complexity index is 239. The molecule has 52 valence electrons. The quantitative estimate of drug-likeness (QED) is 0.588. The number of hydrogen-bond donors (Lipinski definition) is 0. The van der Waals surface area contributed by atoms with Crippen LogP contribution >= 0.6 is 15.9 Å². The van der Waals surface area contributed by atoms with Crippen molar-refractivity contribution < 1.29 is 4.39 Å². The zero-order chi connectivity index (χ0) is 7.56. The Hall–Kier alpha value is -0.690. The maximum absolute atomic E-state index is 12.4. The van der Waals surface area contributed by atoms with Crippen LogP contribution in [0, 0.1) is 11.3 Å². The van der Waals surface area contributed by atoms with Gasteiger partial charge in [0.25, 0.3) is 0 Å². The van der Waals surface area contributed by atoms with Crippen LogP contribution in [0.2, 0.25) is 0 Å². The average molecular weight is 203 g/mol. The molecule has 0 amide bonds. The van der Waals surface area contributed by atoms with Gasteiger partial charge in [-0.05, 0) is 22.0 Å². The van der Waals surface area contributed by atoms with Gasteiger partial charge in [-0.25, -0.2) is 4.39 Å². The third kappa shape index (κ3) is 1.42. The van der Waals surface area contributed by atoms with Gasteiger partial charge in [-0.2, -0.15) is 5.26 Å². The van der Waals surface area contributed by atoms with Crippen LogP contribution in [0.15, 0.2) is 15.6 Å². The van der Waals surface area contributed by atoms with Crippen LogP contribution < -0.4 is 0 Å². The van der Waals surface area contributed by atoms with Crippen LogP contribution in [0.25, 0.3) is 0 Å². The van der Waals surface area contributed by atoms with Crippen molar-refractivity contribution in [3.8, 4) is 6.07 Å². The first-order valence-corrected chi connectivity index (χ1v) is 3.49. The molecule has 0 bridgehead atoms. The SMILES string of the molecule is N#CC1=NCC(F)C=C1Br. The molecule has 0 saturated heterocycles. The summed E-state index contributed by atoms with van der Waals surface area (Å²) in [6.07, 6.45) is 0.289. The van der Waals surface area contributed by atoms with Gasteiger partial charge in [0.2, 0.25) is 0 Å². The van der Waals surface area contributed by atoms with Gasteiger partial charge in [0.15, 0.2) is 0 Å². The second-order valence-corrected chi connectivity index (χ2v) is 2.69. The van der Waals surface area contributed by atoms with Crippen LogP contribution in [0.5, 0.6) is 0 Å². The van der Waals surface area contributed by atoms with Crippen molar-refractivity contribution in [2.24, 2.45) is 4.99 Å². The van der Waals surface area contributed by atoms with Crippen molar-refractivity contribution >= 4 is 21.6 Å². The molecule has 0 aromatic carbocycles. The highest BCUT2D eigenvalue weighted by molar-refractivity contribution is 9.12. The molecule has 1 aliphatic rings. The highest BCUT2D eigenvalue weighted by Crippen LogP contribution is 2.15. The van der Waals surface area contributed by atoms with Crippen molar-refractivity contribution in [3.63, 3.8) is 0 Å². The first kappa shape index (κ1) is 7.42. The lowest BCUT2D eigenvalue weighted by Crippen LogP contribution is -2.11. The van der Waals surface area contributed by atoms with Gasteiger partial charge < -0.3 is 0 Å². The molecule has 2 nitrogen and oxygen atoms in total. The monoisotopic (exact) mass is 202 g/mol. The summed E-state index contributed by atoms with van der Waals surface area (Å²) in [7, 11) is 0. The normalized spacial score (nSPS) is 24.7. The van der Waals surface area contributed by atoms with Gasteiger partial charge >= 0.3 is 0 Å². The topological polar surface area (TPSA) is 36.1 Å². The van der Waals surface area contributed by atoms with Crippen LogP contribution in [0.3, 0.4) is 0 Å². The van der Waals surface area contributed by atoms with Crippen molar-refractivity contribution in [1.82, 2.24) is 0 Å². The number of hydrogen-bond acceptors (Lipinski definition) is 2. The van der Waals surface area contributed by atoms with E-state index in [1.54, 1.807) is 0 Å². The molecule has 1 aliphatic heterocycles. The molecule has 1 atom stereocenters. The molecule has 0 saturated carbocycles. The van der Waals surface area contributed by atoms with Gasteiger partial charge in [-0.15, -0.1) is 0 Å². The predicted octanol–water partition coefficient (Wildman–Crippen LogP) is 1.58. The van der Waals surface area contributed by atoms with Crippen LogP contribution in [-0.4, -0.2) is 18.4 Å². The van der Waals surface area contributed by atoms with E-state index < -0.39 is 6.17 Å². The van der Waals surface area contributed by atoms with Gasteiger partial charge in [-0.3, -0.25) is 4.99 Å². The van der Waals surface area contributed by atoms with Crippen molar-refractivity contribution in [2.45, 2.75) is 6.17 Å². The molecule has 0 spiro atoms. The van der Waals surface area contributed by atoms with Crippen LogP contribution in [-0.2, 0) is 0 Å². The summed E-state index contributed by atoms with van der Waals surface area (Å²) in [5, 5.41) is 8.37. The summed E-state index contributed by atoms with van der Waals surface area (Å²) in [5.74, 6) is 0. The summed E-state index contributed by atoms with van der Waals surface area (Å²) < 4.78 is 12.9. The van der Waals surface area contributed by atoms with E-state index in [4.69, 9.17) is 5.26 Å². The van der Waals surface area contributed by atoms with Crippen LogP contribution in [0.1, 0.15) is 0 Å². The Morgan fingerprint density at radius 1 is 1.90 bits per heavy atom. The summed E-state index contributed by atoms with van der Waals surface area (Å²) in [5.41, 5.74) is 0.272. The minimum absolute atomic E-state index is 0.0675. The lowest BCUT2D eigenvalue weighted by Gasteiger charge is -2.06. The summed E-state index contributed by atoms with van der Waals surface area (Å²) in [6, 6.07) is 1.84. The molecule has 1 heterocycles. The number of allylic oxidation sites excluding steroid dienone is 1. The van der Waals surface area contributed by atoms with Crippen molar-refractivity contribution in [3.05, 3.63) is 10.6 Å². The molecule has 0 radical (unpaired) electrons. The van der Waals surface area contributed by atoms with E-state index in [9.17, 15) is 4.39 Å². The highest BCUT2D eigenvalue weighted by atomic mass is 79.9. The first-order chi connectivity index (χ1) is 4.74. The number of rotatable bonds is 0. The van der Waals surface area contributed by atoms with E-state index >= 15 is 0 Å². The molecule has 4 heteroatoms. The summed E-state index contributed by atoms with van der Waals surface area (Å²) in [4.78, 5) is 3.68. The summed E-state index contributed by atoms with van der Waals surface area (Å²) in [6.45, 7) is 0.0675. The molecule has 0 aromatic heterocycles. The molecule has 0 aromatic rings. The number of nitrogens with zero attached hydrogens (tertiary/aromatic N) is 2. The van der Waals surface area contributed by atoms with Crippen LogP contribution in [0.4, 0.5) is 4.39 Å². The van der Waals surface area contributed by atoms with Crippen molar-refractivity contribution in [2.75, 3.05) is 6.54 Å². The van der Waals surface area contributed by atoms with E-state index in [1.807, 2.05) is 6.07 Å². The van der Waals surface area contributed by atoms with E-state index in [1.165, 1.54) is 6.08 Å². The zero-order valence-electron chi connectivity index (χ0n) is 5.01. The Labute approximate surface area is 66.2 Å². The zero-order valence-corrected chi connectivity index (χ0v) is 6.60. The Kier molecular flexibility index (Phi) is 2.17. The lowest BCUT2D eigenvalue weighted by molar-refractivity contribution is 0.407. The maximum atomic E-state index is 12.4. The van der Waals surface area contributed by atoms with E-state index in [2.05, 4.69) is 20.9 Å². The van der Waals surface area contributed by atoms with Gasteiger partial charge in [0.05, 0.1) is 11.0 Å². The van der Waals surface area contributed by atoms with E-state index in [0.29, 0.717) is 4.48 Å². The van der Waals surface area contributed by atoms with Gasteiger partial charge in [-0.1, -0.05) is 0 Å². The third-order valence-electron chi connectivity index (χ3n) is 1.08. The molecular weight excluding hydrogens is 199 g/mol. The molecular formula is C6H4BrFN2. The predicted molar refractivity (Wildman–Crippen MR) is 39.8 cm³/mol. The minimum Gasteiger partial charge on any atom is -0.270 e. The number of halogens is 2. The fraction of sp³-hybridized carbons (Fsp3) is 0.333. The molecule has 0 fully saturated rings. The minimum atomic E-state index is -1.05. The van der Waals surface area contributed by atoms with Crippen molar-refractivity contribution in [1.29, 1.82) is 5.26 Å². The standard InChI is InChI=1S/C6H4BrFN2/c7-5-1-4(8)3-10-6(5)2-9/h1,4H,3H2. The molecule has 1 rings (SSSR count). The lowest BCUT2D eigenvalue weighted by atomic mass is 10.2. The molecule has 1 unspecified atom stereocenters. The molecule has 0 N–H and O–H groups in total.